The molecule has 1 rings (SSSR count). The second-order valence-corrected chi connectivity index (χ2v) is 5.52. The summed E-state index contributed by atoms with van der Waals surface area (Å²) in [5.41, 5.74) is 25.1. The Morgan fingerprint density at radius 1 is 0.464 bits per heavy atom. The highest BCUT2D eigenvalue weighted by Gasteiger charge is 2.06. The summed E-state index contributed by atoms with van der Waals surface area (Å²) < 4.78 is 0. The minimum Gasteiger partial charge on any atom is -0.329 e. The second-order valence-electron chi connectivity index (χ2n) is 5.52. The smallest absolute Gasteiger partial charge is 0.0234 e. The maximum Gasteiger partial charge on any atom is 0.0234 e. The van der Waals surface area contributed by atoms with E-state index in [9.17, 15) is 0 Å². The SMILES string of the molecule is Cl.Cl.Cl.Cl.Cl.Cl.NCCN(CCN)Cc1ccc(CN(CCN)CCN)cc1. The maximum absolute atomic E-state index is 5.64. The molecule has 0 saturated heterocycles. The second kappa shape index (κ2) is 27.7. The van der Waals surface area contributed by atoms with Crippen molar-refractivity contribution < 1.29 is 0 Å². The fourth-order valence-electron chi connectivity index (χ4n) is 2.54. The van der Waals surface area contributed by atoms with Crippen molar-refractivity contribution in [3.05, 3.63) is 35.4 Å². The van der Waals surface area contributed by atoms with Crippen LogP contribution in [0, 0.1) is 0 Å². The maximum atomic E-state index is 5.64. The summed E-state index contributed by atoms with van der Waals surface area (Å²) in [5, 5.41) is 0. The predicted molar refractivity (Wildman–Crippen MR) is 137 cm³/mol. The van der Waals surface area contributed by atoms with Crippen molar-refractivity contribution in [3.8, 4) is 0 Å². The summed E-state index contributed by atoms with van der Waals surface area (Å²) in [5.74, 6) is 0. The highest BCUT2D eigenvalue weighted by atomic mass is 35.5. The van der Waals surface area contributed by atoms with E-state index in [1.165, 1.54) is 11.1 Å². The fraction of sp³-hybridized carbons (Fsp3) is 0.625. The topological polar surface area (TPSA) is 111 Å². The minimum absolute atomic E-state index is 0. The highest BCUT2D eigenvalue weighted by Crippen LogP contribution is 2.09. The average molecular weight is 527 g/mol. The van der Waals surface area contributed by atoms with Crippen LogP contribution in [0.15, 0.2) is 24.3 Å². The first kappa shape index (κ1) is 42.8. The molecular weight excluding hydrogens is 489 g/mol. The number of nitrogens with two attached hydrogens (primary N) is 4. The van der Waals surface area contributed by atoms with Crippen molar-refractivity contribution >= 4 is 74.4 Å². The van der Waals surface area contributed by atoms with Crippen LogP contribution in [0.1, 0.15) is 11.1 Å². The highest BCUT2D eigenvalue weighted by molar-refractivity contribution is 5.86. The molecular formula is C16H38Cl6N6. The number of rotatable bonds is 12. The van der Waals surface area contributed by atoms with Gasteiger partial charge in [0.25, 0.3) is 0 Å². The molecule has 0 fully saturated rings. The van der Waals surface area contributed by atoms with Crippen molar-refractivity contribution in [2.75, 3.05) is 52.4 Å². The van der Waals surface area contributed by atoms with E-state index in [1.54, 1.807) is 0 Å². The third-order valence-corrected chi connectivity index (χ3v) is 3.62. The molecule has 0 bridgehead atoms. The summed E-state index contributed by atoms with van der Waals surface area (Å²) in [6, 6.07) is 8.72. The fourth-order valence-corrected chi connectivity index (χ4v) is 2.54. The predicted octanol–water partition coefficient (Wildman–Crippen LogP) is 1.66. The van der Waals surface area contributed by atoms with E-state index < -0.39 is 0 Å². The van der Waals surface area contributed by atoms with E-state index in [0.29, 0.717) is 26.2 Å². The van der Waals surface area contributed by atoms with E-state index in [-0.39, 0.29) is 74.4 Å². The first-order chi connectivity index (χ1) is 10.7. The Kier molecular flexibility index (Phi) is 42.3. The van der Waals surface area contributed by atoms with Crippen molar-refractivity contribution in [2.24, 2.45) is 22.9 Å². The van der Waals surface area contributed by atoms with Gasteiger partial charge in [-0.1, -0.05) is 24.3 Å². The number of hydrogen-bond acceptors (Lipinski definition) is 6. The number of hydrogen-bond donors (Lipinski definition) is 4. The lowest BCUT2D eigenvalue weighted by Crippen LogP contribution is -2.33. The van der Waals surface area contributed by atoms with Crippen molar-refractivity contribution in [3.63, 3.8) is 0 Å². The number of benzene rings is 1. The van der Waals surface area contributed by atoms with Gasteiger partial charge in [-0.3, -0.25) is 9.80 Å². The molecule has 0 aliphatic carbocycles. The molecule has 0 aliphatic heterocycles. The van der Waals surface area contributed by atoms with E-state index in [1.807, 2.05) is 0 Å². The van der Waals surface area contributed by atoms with Crippen LogP contribution in [0.3, 0.4) is 0 Å². The number of nitrogens with zero attached hydrogens (tertiary/aromatic N) is 2. The van der Waals surface area contributed by atoms with Crippen molar-refractivity contribution in [1.82, 2.24) is 9.80 Å². The van der Waals surface area contributed by atoms with Gasteiger partial charge < -0.3 is 22.9 Å². The van der Waals surface area contributed by atoms with E-state index in [2.05, 4.69) is 34.1 Å². The van der Waals surface area contributed by atoms with Gasteiger partial charge in [0.05, 0.1) is 0 Å². The van der Waals surface area contributed by atoms with Gasteiger partial charge in [-0.05, 0) is 11.1 Å². The zero-order chi connectivity index (χ0) is 16.2. The Labute approximate surface area is 207 Å². The average Bonchev–Trinajstić information content (AvgIpc) is 2.50. The van der Waals surface area contributed by atoms with Gasteiger partial charge in [0.2, 0.25) is 0 Å². The minimum atomic E-state index is 0. The number of halogens is 6. The van der Waals surface area contributed by atoms with E-state index >= 15 is 0 Å². The molecule has 28 heavy (non-hydrogen) atoms. The molecule has 0 saturated carbocycles. The molecule has 0 aliphatic rings. The van der Waals surface area contributed by atoms with Crippen molar-refractivity contribution in [1.29, 1.82) is 0 Å². The lowest BCUT2D eigenvalue weighted by molar-refractivity contribution is 0.278. The zero-order valence-corrected chi connectivity index (χ0v) is 20.9. The van der Waals surface area contributed by atoms with E-state index in [4.69, 9.17) is 22.9 Å². The summed E-state index contributed by atoms with van der Waals surface area (Å²) >= 11 is 0. The molecule has 6 nitrogen and oxygen atoms in total. The largest absolute Gasteiger partial charge is 0.329 e. The molecule has 1 aromatic rings. The molecule has 12 heteroatoms. The summed E-state index contributed by atoms with van der Waals surface area (Å²) in [4.78, 5) is 4.56. The third kappa shape index (κ3) is 18.7. The quantitative estimate of drug-likeness (QED) is 0.329. The normalized spacial score (nSPS) is 9.07. The molecule has 1 aromatic carbocycles. The van der Waals surface area contributed by atoms with Crippen LogP contribution >= 0.6 is 74.4 Å². The summed E-state index contributed by atoms with van der Waals surface area (Å²) in [7, 11) is 0. The van der Waals surface area contributed by atoms with Gasteiger partial charge in [-0.25, -0.2) is 0 Å². The molecule has 0 spiro atoms. The molecule has 0 heterocycles. The van der Waals surface area contributed by atoms with Gasteiger partial charge in [0.15, 0.2) is 0 Å². The monoisotopic (exact) mass is 524 g/mol. The van der Waals surface area contributed by atoms with Gasteiger partial charge in [-0.15, -0.1) is 74.4 Å². The molecule has 0 atom stereocenters. The van der Waals surface area contributed by atoms with Crippen LogP contribution in [0.5, 0.6) is 0 Å². The molecule has 0 unspecified atom stereocenters. The van der Waals surface area contributed by atoms with Crippen LogP contribution in [0.4, 0.5) is 0 Å². The van der Waals surface area contributed by atoms with Crippen molar-refractivity contribution in [2.45, 2.75) is 13.1 Å². The van der Waals surface area contributed by atoms with Gasteiger partial charge in [0.1, 0.15) is 0 Å². The summed E-state index contributed by atoms with van der Waals surface area (Å²) in [6.45, 7) is 7.92. The molecule has 8 N–H and O–H groups in total. The Hall–Kier alpha value is 0.720. The molecule has 0 radical (unpaired) electrons. The first-order valence-electron chi connectivity index (χ1n) is 8.06. The zero-order valence-electron chi connectivity index (χ0n) is 16.0. The lowest BCUT2D eigenvalue weighted by Gasteiger charge is -2.22. The molecule has 174 valence electrons. The Balaban J connectivity index is -0.000000202. The Morgan fingerprint density at radius 3 is 0.857 bits per heavy atom. The van der Waals surface area contributed by atoms with Crippen LogP contribution in [-0.2, 0) is 13.1 Å². The van der Waals surface area contributed by atoms with Crippen LogP contribution in [0.2, 0.25) is 0 Å². The standard InChI is InChI=1S/C16H32N6.6ClH/c17-5-9-21(10-6-18)13-15-1-2-16(4-3-15)14-22(11-7-19)12-8-20;;;;;;/h1-4H,5-14,17-20H2;6*1H. The van der Waals surface area contributed by atoms with Gasteiger partial charge in [-0.2, -0.15) is 0 Å². The molecule has 0 amide bonds. The lowest BCUT2D eigenvalue weighted by atomic mass is 10.1. The van der Waals surface area contributed by atoms with Crippen LogP contribution in [-0.4, -0.2) is 62.2 Å². The first-order valence-corrected chi connectivity index (χ1v) is 8.06. The Bertz CT molecular complexity index is 353. The van der Waals surface area contributed by atoms with Crippen LogP contribution < -0.4 is 22.9 Å². The van der Waals surface area contributed by atoms with Crippen LogP contribution in [0.25, 0.3) is 0 Å². The third-order valence-electron chi connectivity index (χ3n) is 3.62. The van der Waals surface area contributed by atoms with Gasteiger partial charge >= 0.3 is 0 Å². The summed E-state index contributed by atoms with van der Waals surface area (Å²) in [6.07, 6.45) is 0. The molecule has 0 aromatic heterocycles. The van der Waals surface area contributed by atoms with E-state index in [0.717, 1.165) is 39.3 Å². The Morgan fingerprint density at radius 2 is 0.679 bits per heavy atom. The van der Waals surface area contributed by atoms with Gasteiger partial charge in [0, 0.05) is 65.4 Å².